The van der Waals surface area contributed by atoms with Crippen LogP contribution in [0.5, 0.6) is 0 Å². The van der Waals surface area contributed by atoms with Crippen LogP contribution < -0.4 is 5.32 Å². The maximum absolute atomic E-state index is 12.8. The van der Waals surface area contributed by atoms with Crippen LogP contribution in [0.4, 0.5) is 5.69 Å². The first kappa shape index (κ1) is 16.3. The first-order chi connectivity index (χ1) is 11.1. The minimum absolute atomic E-state index is 0.0316. The second kappa shape index (κ2) is 6.91. The molecule has 23 heavy (non-hydrogen) atoms. The average molecular weight is 351 g/mol. The summed E-state index contributed by atoms with van der Waals surface area (Å²) in [6.07, 6.45) is 1.75. The zero-order valence-corrected chi connectivity index (χ0v) is 14.2. The minimum atomic E-state index is -3.47. The lowest BCUT2D eigenvalue weighted by Gasteiger charge is -2.24. The summed E-state index contributed by atoms with van der Waals surface area (Å²) in [7, 11) is -3.47. The number of benzene rings is 2. The molecule has 1 fully saturated rings. The van der Waals surface area contributed by atoms with E-state index in [1.54, 1.807) is 28.6 Å². The van der Waals surface area contributed by atoms with E-state index < -0.39 is 10.0 Å². The number of rotatable bonds is 5. The molecule has 0 aliphatic carbocycles. The van der Waals surface area contributed by atoms with Gasteiger partial charge in [0, 0.05) is 29.8 Å². The quantitative estimate of drug-likeness (QED) is 0.896. The molecule has 0 spiro atoms. The van der Waals surface area contributed by atoms with Crippen molar-refractivity contribution in [1.29, 1.82) is 0 Å². The van der Waals surface area contributed by atoms with Gasteiger partial charge in [-0.25, -0.2) is 8.42 Å². The predicted molar refractivity (Wildman–Crippen MR) is 93.3 cm³/mol. The van der Waals surface area contributed by atoms with Crippen LogP contribution >= 0.6 is 11.6 Å². The van der Waals surface area contributed by atoms with E-state index in [2.05, 4.69) is 5.32 Å². The van der Waals surface area contributed by atoms with Crippen LogP contribution in [0.25, 0.3) is 0 Å². The fourth-order valence-electron chi connectivity index (χ4n) is 2.86. The molecule has 1 aliphatic heterocycles. The molecule has 0 bridgehead atoms. The van der Waals surface area contributed by atoms with Crippen molar-refractivity contribution in [3.05, 3.63) is 59.6 Å². The predicted octanol–water partition coefficient (Wildman–Crippen LogP) is 3.61. The van der Waals surface area contributed by atoms with E-state index in [1.807, 2.05) is 30.3 Å². The summed E-state index contributed by atoms with van der Waals surface area (Å²) in [5, 5.41) is 3.86. The summed E-state index contributed by atoms with van der Waals surface area (Å²) >= 11 is 5.85. The van der Waals surface area contributed by atoms with Crippen LogP contribution in [-0.2, 0) is 10.0 Å². The van der Waals surface area contributed by atoms with E-state index in [0.29, 0.717) is 23.0 Å². The number of nitrogens with zero attached hydrogens (tertiary/aromatic N) is 1. The van der Waals surface area contributed by atoms with Gasteiger partial charge in [-0.15, -0.1) is 0 Å². The topological polar surface area (TPSA) is 49.4 Å². The fourth-order valence-corrected chi connectivity index (χ4v) is 4.68. The average Bonchev–Trinajstić information content (AvgIpc) is 3.04. The first-order valence-corrected chi connectivity index (χ1v) is 9.45. The molecule has 1 aliphatic rings. The molecular weight excluding hydrogens is 332 g/mol. The second-order valence-electron chi connectivity index (χ2n) is 5.61. The van der Waals surface area contributed by atoms with Crippen LogP contribution in [0.3, 0.4) is 0 Å². The van der Waals surface area contributed by atoms with Gasteiger partial charge in [-0.05, 0) is 49.2 Å². The lowest BCUT2D eigenvalue weighted by atomic mass is 10.2. The number of nitrogens with one attached hydrogen (secondary N) is 1. The number of sulfonamides is 1. The normalized spacial score (nSPS) is 18.9. The van der Waals surface area contributed by atoms with E-state index in [4.69, 9.17) is 11.6 Å². The van der Waals surface area contributed by atoms with Gasteiger partial charge < -0.3 is 5.32 Å². The standard InChI is InChI=1S/C17H19ClN2O2S/c18-14-8-10-17(11-9-14)23(21,22)20-12-4-7-16(20)13-19-15-5-2-1-3-6-15/h1-3,5-6,8-11,16,19H,4,7,12-13H2/t16-/m1/s1. The lowest BCUT2D eigenvalue weighted by molar-refractivity contribution is 0.399. The molecule has 4 nitrogen and oxygen atoms in total. The van der Waals surface area contributed by atoms with E-state index in [1.165, 1.54) is 0 Å². The van der Waals surface area contributed by atoms with Crippen LogP contribution in [0.2, 0.25) is 5.02 Å². The van der Waals surface area contributed by atoms with Crippen LogP contribution in [0, 0.1) is 0 Å². The molecule has 1 heterocycles. The lowest BCUT2D eigenvalue weighted by Crippen LogP contribution is -2.39. The third-order valence-electron chi connectivity index (χ3n) is 4.06. The Hall–Kier alpha value is -1.56. The Labute approximate surface area is 142 Å². The Morgan fingerprint density at radius 3 is 2.48 bits per heavy atom. The van der Waals surface area contributed by atoms with Crippen molar-refractivity contribution in [1.82, 2.24) is 4.31 Å². The summed E-state index contributed by atoms with van der Waals surface area (Å²) in [5.41, 5.74) is 1.00. The highest BCUT2D eigenvalue weighted by atomic mass is 35.5. The number of anilines is 1. The van der Waals surface area contributed by atoms with E-state index in [-0.39, 0.29) is 6.04 Å². The summed E-state index contributed by atoms with van der Waals surface area (Å²) in [4.78, 5) is 0.300. The van der Waals surface area contributed by atoms with Crippen molar-refractivity contribution in [2.24, 2.45) is 0 Å². The van der Waals surface area contributed by atoms with Crippen molar-refractivity contribution in [2.45, 2.75) is 23.8 Å². The smallest absolute Gasteiger partial charge is 0.243 e. The van der Waals surface area contributed by atoms with Gasteiger partial charge in [0.2, 0.25) is 10.0 Å². The Balaban J connectivity index is 1.74. The SMILES string of the molecule is O=S(=O)(c1ccc(Cl)cc1)N1CCC[C@@H]1CNc1ccccc1. The Kier molecular flexibility index (Phi) is 4.90. The maximum Gasteiger partial charge on any atom is 0.243 e. The van der Waals surface area contributed by atoms with Crippen molar-refractivity contribution in [3.8, 4) is 0 Å². The van der Waals surface area contributed by atoms with Crippen molar-refractivity contribution in [3.63, 3.8) is 0 Å². The van der Waals surface area contributed by atoms with Crippen LogP contribution in [0.15, 0.2) is 59.5 Å². The van der Waals surface area contributed by atoms with Gasteiger partial charge in [0.25, 0.3) is 0 Å². The minimum Gasteiger partial charge on any atom is -0.383 e. The Morgan fingerprint density at radius 2 is 1.78 bits per heavy atom. The molecule has 0 amide bonds. The number of hydrogen-bond donors (Lipinski definition) is 1. The molecule has 1 atom stereocenters. The number of hydrogen-bond acceptors (Lipinski definition) is 3. The van der Waals surface area contributed by atoms with Gasteiger partial charge in [-0.3, -0.25) is 0 Å². The summed E-state index contributed by atoms with van der Waals surface area (Å²) in [6, 6.07) is 16.2. The molecule has 0 aromatic heterocycles. The molecule has 122 valence electrons. The molecule has 1 N–H and O–H groups in total. The van der Waals surface area contributed by atoms with E-state index in [9.17, 15) is 8.42 Å². The highest BCUT2D eigenvalue weighted by Gasteiger charge is 2.34. The monoisotopic (exact) mass is 350 g/mol. The zero-order valence-electron chi connectivity index (χ0n) is 12.7. The van der Waals surface area contributed by atoms with Gasteiger partial charge in [0.05, 0.1) is 4.90 Å². The van der Waals surface area contributed by atoms with Gasteiger partial charge in [0.1, 0.15) is 0 Å². The molecule has 2 aromatic carbocycles. The van der Waals surface area contributed by atoms with Gasteiger partial charge in [0.15, 0.2) is 0 Å². The Morgan fingerprint density at radius 1 is 1.09 bits per heavy atom. The summed E-state index contributed by atoms with van der Waals surface area (Å²) in [5.74, 6) is 0. The summed E-state index contributed by atoms with van der Waals surface area (Å²) < 4.78 is 27.2. The van der Waals surface area contributed by atoms with E-state index in [0.717, 1.165) is 18.5 Å². The molecule has 0 saturated carbocycles. The number of halogens is 1. The fraction of sp³-hybridized carbons (Fsp3) is 0.294. The van der Waals surface area contributed by atoms with Crippen molar-refractivity contribution in [2.75, 3.05) is 18.4 Å². The number of para-hydroxylation sites is 1. The molecule has 0 radical (unpaired) electrons. The highest BCUT2D eigenvalue weighted by molar-refractivity contribution is 7.89. The maximum atomic E-state index is 12.8. The summed E-state index contributed by atoms with van der Waals surface area (Å²) in [6.45, 7) is 1.17. The molecule has 3 rings (SSSR count). The van der Waals surface area contributed by atoms with Gasteiger partial charge in [-0.1, -0.05) is 29.8 Å². The van der Waals surface area contributed by atoms with Crippen molar-refractivity contribution >= 4 is 27.3 Å². The molecule has 1 saturated heterocycles. The zero-order chi connectivity index (χ0) is 16.3. The first-order valence-electron chi connectivity index (χ1n) is 7.64. The third kappa shape index (κ3) is 3.68. The van der Waals surface area contributed by atoms with Gasteiger partial charge >= 0.3 is 0 Å². The van der Waals surface area contributed by atoms with Crippen LogP contribution in [-0.4, -0.2) is 31.9 Å². The van der Waals surface area contributed by atoms with E-state index >= 15 is 0 Å². The van der Waals surface area contributed by atoms with Gasteiger partial charge in [-0.2, -0.15) is 4.31 Å². The third-order valence-corrected chi connectivity index (χ3v) is 6.28. The Bertz CT molecular complexity index is 748. The second-order valence-corrected chi connectivity index (χ2v) is 7.94. The molecular formula is C17H19ClN2O2S. The van der Waals surface area contributed by atoms with Crippen LogP contribution in [0.1, 0.15) is 12.8 Å². The largest absolute Gasteiger partial charge is 0.383 e. The van der Waals surface area contributed by atoms with Crippen molar-refractivity contribution < 1.29 is 8.42 Å². The highest BCUT2D eigenvalue weighted by Crippen LogP contribution is 2.27. The molecule has 0 unspecified atom stereocenters. The molecule has 6 heteroatoms. The molecule has 2 aromatic rings.